The second-order valence-corrected chi connectivity index (χ2v) is 5.89. The maximum Gasteiger partial charge on any atom is 0.486 e. The zero-order valence-electron chi connectivity index (χ0n) is 13.5. The number of allylic oxidation sites excluding steroid dienone is 1. The standard InChI is InChI=1S/C14H23BO6/c1-13(2)14(3,4)21-15(20-13)9-7-8-10(11(16)18-5)12(17)19-6/h7,9-10H,8H2,1-6H3/b9-7+. The Hall–Kier alpha value is -1.34. The molecule has 0 aromatic carbocycles. The van der Waals surface area contributed by atoms with Gasteiger partial charge in [-0.2, -0.15) is 0 Å². The minimum absolute atomic E-state index is 0.170. The van der Waals surface area contributed by atoms with E-state index in [1.807, 2.05) is 27.7 Å². The van der Waals surface area contributed by atoms with Crippen molar-refractivity contribution in [2.24, 2.45) is 5.92 Å². The van der Waals surface area contributed by atoms with E-state index in [0.717, 1.165) is 0 Å². The molecular formula is C14H23BO6. The van der Waals surface area contributed by atoms with Gasteiger partial charge in [0.15, 0.2) is 5.92 Å². The van der Waals surface area contributed by atoms with Gasteiger partial charge in [0.1, 0.15) is 0 Å². The van der Waals surface area contributed by atoms with E-state index in [0.29, 0.717) is 0 Å². The Morgan fingerprint density at radius 3 is 1.86 bits per heavy atom. The largest absolute Gasteiger partial charge is 0.486 e. The van der Waals surface area contributed by atoms with E-state index in [9.17, 15) is 9.59 Å². The highest BCUT2D eigenvalue weighted by molar-refractivity contribution is 6.51. The van der Waals surface area contributed by atoms with E-state index < -0.39 is 36.2 Å². The molecule has 1 rings (SSSR count). The highest BCUT2D eigenvalue weighted by Gasteiger charge is 2.50. The van der Waals surface area contributed by atoms with Crippen LogP contribution in [0.1, 0.15) is 34.1 Å². The molecule has 1 heterocycles. The average molecular weight is 298 g/mol. The molecule has 1 aliphatic heterocycles. The SMILES string of the molecule is COC(=O)C(C/C=C/B1OC(C)(C)C(C)(C)O1)C(=O)OC. The second-order valence-electron chi connectivity index (χ2n) is 5.89. The van der Waals surface area contributed by atoms with Crippen LogP contribution in [0.15, 0.2) is 12.1 Å². The van der Waals surface area contributed by atoms with Crippen molar-refractivity contribution in [1.82, 2.24) is 0 Å². The molecule has 21 heavy (non-hydrogen) atoms. The Balaban J connectivity index is 2.65. The second kappa shape index (κ2) is 6.62. The van der Waals surface area contributed by atoms with Crippen molar-refractivity contribution in [2.75, 3.05) is 14.2 Å². The maximum atomic E-state index is 11.5. The number of methoxy groups -OCH3 is 2. The zero-order chi connectivity index (χ0) is 16.3. The van der Waals surface area contributed by atoms with Gasteiger partial charge < -0.3 is 18.8 Å². The summed E-state index contributed by atoms with van der Waals surface area (Å²) >= 11 is 0. The summed E-state index contributed by atoms with van der Waals surface area (Å²) in [4.78, 5) is 23.1. The molecule has 0 saturated carbocycles. The lowest BCUT2D eigenvalue weighted by Gasteiger charge is -2.32. The van der Waals surface area contributed by atoms with Crippen molar-refractivity contribution >= 4 is 19.1 Å². The Kier molecular flexibility index (Phi) is 5.58. The van der Waals surface area contributed by atoms with Gasteiger partial charge in [-0.1, -0.05) is 12.1 Å². The minimum atomic E-state index is -0.973. The number of carbonyl (C=O) groups excluding carboxylic acids is 2. The van der Waals surface area contributed by atoms with Gasteiger partial charge in [-0.05, 0) is 34.1 Å². The first-order chi connectivity index (χ1) is 9.64. The number of rotatable bonds is 5. The van der Waals surface area contributed by atoms with Gasteiger partial charge in [-0.3, -0.25) is 9.59 Å². The molecule has 0 radical (unpaired) electrons. The molecule has 1 fully saturated rings. The van der Waals surface area contributed by atoms with Gasteiger partial charge in [0.05, 0.1) is 25.4 Å². The lowest BCUT2D eigenvalue weighted by molar-refractivity contribution is -0.158. The Morgan fingerprint density at radius 1 is 1.05 bits per heavy atom. The monoisotopic (exact) mass is 298 g/mol. The minimum Gasteiger partial charge on any atom is -0.468 e. The van der Waals surface area contributed by atoms with Crippen LogP contribution in [-0.4, -0.2) is 44.5 Å². The summed E-state index contributed by atoms with van der Waals surface area (Å²) in [7, 11) is 1.96. The van der Waals surface area contributed by atoms with Crippen molar-refractivity contribution in [3.8, 4) is 0 Å². The number of hydrogen-bond donors (Lipinski definition) is 0. The Morgan fingerprint density at radius 2 is 1.48 bits per heavy atom. The van der Waals surface area contributed by atoms with E-state index >= 15 is 0 Å². The summed E-state index contributed by atoms with van der Waals surface area (Å²) < 4.78 is 20.7. The Labute approximate surface area is 125 Å². The van der Waals surface area contributed by atoms with E-state index in [1.54, 1.807) is 12.1 Å². The lowest BCUT2D eigenvalue weighted by Crippen LogP contribution is -2.41. The molecule has 7 heteroatoms. The van der Waals surface area contributed by atoms with Crippen molar-refractivity contribution in [3.05, 3.63) is 12.1 Å². The quantitative estimate of drug-likeness (QED) is 0.435. The molecule has 0 amide bonds. The smallest absolute Gasteiger partial charge is 0.468 e. The first-order valence-electron chi connectivity index (χ1n) is 6.82. The summed E-state index contributed by atoms with van der Waals surface area (Å²) in [5.74, 6) is -0.533. The van der Waals surface area contributed by atoms with Gasteiger partial charge in [0.25, 0.3) is 0 Å². The van der Waals surface area contributed by atoms with Crippen molar-refractivity contribution < 1.29 is 28.4 Å². The summed E-state index contributed by atoms with van der Waals surface area (Å²) in [5, 5.41) is 0. The van der Waals surface area contributed by atoms with Gasteiger partial charge in [0.2, 0.25) is 0 Å². The van der Waals surface area contributed by atoms with Crippen LogP contribution in [0.4, 0.5) is 0 Å². The average Bonchev–Trinajstić information content (AvgIpc) is 2.61. The summed E-state index contributed by atoms with van der Waals surface area (Å²) in [6.45, 7) is 7.80. The van der Waals surface area contributed by atoms with Crippen LogP contribution in [0, 0.1) is 5.92 Å². The molecule has 6 nitrogen and oxygen atoms in total. The van der Waals surface area contributed by atoms with Crippen molar-refractivity contribution in [3.63, 3.8) is 0 Å². The van der Waals surface area contributed by atoms with Crippen molar-refractivity contribution in [1.29, 1.82) is 0 Å². The highest BCUT2D eigenvalue weighted by Crippen LogP contribution is 2.36. The van der Waals surface area contributed by atoms with Gasteiger partial charge >= 0.3 is 19.1 Å². The van der Waals surface area contributed by atoms with E-state index in [-0.39, 0.29) is 6.42 Å². The molecule has 0 atom stereocenters. The summed E-state index contributed by atoms with van der Waals surface area (Å²) in [6.07, 6.45) is 1.84. The predicted molar refractivity (Wildman–Crippen MR) is 77.4 cm³/mol. The number of esters is 2. The fourth-order valence-corrected chi connectivity index (χ4v) is 1.87. The molecule has 118 valence electrons. The first-order valence-corrected chi connectivity index (χ1v) is 6.82. The fraction of sp³-hybridized carbons (Fsp3) is 0.714. The van der Waals surface area contributed by atoms with Gasteiger partial charge in [-0.25, -0.2) is 0 Å². The number of hydrogen-bond acceptors (Lipinski definition) is 6. The summed E-state index contributed by atoms with van der Waals surface area (Å²) in [5.41, 5.74) is -0.849. The third-order valence-electron chi connectivity index (χ3n) is 3.91. The first kappa shape index (κ1) is 17.7. The number of carbonyl (C=O) groups is 2. The fourth-order valence-electron chi connectivity index (χ4n) is 1.87. The highest BCUT2D eigenvalue weighted by atomic mass is 16.7. The summed E-state index contributed by atoms with van der Waals surface area (Å²) in [6, 6.07) is 0. The molecule has 0 unspecified atom stereocenters. The van der Waals surface area contributed by atoms with Crippen LogP contribution in [0.25, 0.3) is 0 Å². The Bertz CT molecular complexity index is 397. The topological polar surface area (TPSA) is 71.1 Å². The predicted octanol–water partition coefficient (Wildman–Crippen LogP) is 1.53. The molecule has 0 spiro atoms. The molecule has 1 aliphatic rings. The van der Waals surface area contributed by atoms with Crippen LogP contribution < -0.4 is 0 Å². The van der Waals surface area contributed by atoms with Crippen LogP contribution in [0.3, 0.4) is 0 Å². The maximum absolute atomic E-state index is 11.5. The molecular weight excluding hydrogens is 275 g/mol. The molecule has 1 saturated heterocycles. The third kappa shape index (κ3) is 4.08. The molecule has 0 bridgehead atoms. The lowest BCUT2D eigenvalue weighted by atomic mass is 9.88. The van der Waals surface area contributed by atoms with E-state index in [1.165, 1.54) is 14.2 Å². The molecule has 0 aliphatic carbocycles. The van der Waals surface area contributed by atoms with E-state index in [2.05, 4.69) is 9.47 Å². The van der Waals surface area contributed by atoms with Crippen molar-refractivity contribution in [2.45, 2.75) is 45.3 Å². The van der Waals surface area contributed by atoms with E-state index in [4.69, 9.17) is 9.31 Å². The van der Waals surface area contributed by atoms with Gasteiger partial charge in [0, 0.05) is 0 Å². The third-order valence-corrected chi connectivity index (χ3v) is 3.91. The molecule has 0 aromatic heterocycles. The van der Waals surface area contributed by atoms with Crippen LogP contribution in [0.5, 0.6) is 0 Å². The normalized spacial score (nSPS) is 20.0. The molecule has 0 aromatic rings. The van der Waals surface area contributed by atoms with Crippen LogP contribution >= 0.6 is 0 Å². The van der Waals surface area contributed by atoms with Gasteiger partial charge in [-0.15, -0.1) is 0 Å². The zero-order valence-corrected chi connectivity index (χ0v) is 13.5. The number of ether oxygens (including phenoxy) is 2. The van der Waals surface area contributed by atoms with Crippen LogP contribution in [-0.2, 0) is 28.4 Å². The molecule has 0 N–H and O–H groups in total. The van der Waals surface area contributed by atoms with Crippen LogP contribution in [0.2, 0.25) is 0 Å².